The Balaban J connectivity index is 2.22. The van der Waals surface area contributed by atoms with Crippen LogP contribution >= 0.6 is 23.2 Å². The van der Waals surface area contributed by atoms with Gasteiger partial charge >= 0.3 is 0 Å². The summed E-state index contributed by atoms with van der Waals surface area (Å²) in [4.78, 5) is 13.7. The summed E-state index contributed by atoms with van der Waals surface area (Å²) in [6.45, 7) is 2.75. The largest absolute Gasteiger partial charge is 0.339 e. The molecule has 0 unspecified atom stereocenters. The molecule has 0 bridgehead atoms. The van der Waals surface area contributed by atoms with Gasteiger partial charge in [-0.3, -0.25) is 0 Å². The van der Waals surface area contributed by atoms with Gasteiger partial charge in [0.2, 0.25) is 16.5 Å². The van der Waals surface area contributed by atoms with E-state index in [2.05, 4.69) is 34.0 Å². The first kappa shape index (κ1) is 13.1. The first-order chi connectivity index (χ1) is 8.56. The number of aromatic nitrogens is 3. The number of benzene rings is 1. The van der Waals surface area contributed by atoms with E-state index in [1.807, 2.05) is 24.1 Å². The summed E-state index contributed by atoms with van der Waals surface area (Å²) < 4.78 is 0. The van der Waals surface area contributed by atoms with Crippen molar-refractivity contribution in [2.24, 2.45) is 0 Å². The molecule has 0 aliphatic carbocycles. The van der Waals surface area contributed by atoms with Crippen LogP contribution in [0.1, 0.15) is 11.1 Å². The molecule has 2 aromatic rings. The molecule has 94 valence electrons. The highest BCUT2D eigenvalue weighted by Gasteiger charge is 2.09. The number of nitrogens with zero attached hydrogens (tertiary/aromatic N) is 4. The Hall–Kier alpha value is -1.39. The minimum atomic E-state index is 0.0987. The van der Waals surface area contributed by atoms with Crippen LogP contribution < -0.4 is 4.90 Å². The zero-order chi connectivity index (χ0) is 13.1. The third kappa shape index (κ3) is 3.09. The minimum absolute atomic E-state index is 0.0987. The van der Waals surface area contributed by atoms with Gasteiger partial charge in [-0.1, -0.05) is 24.3 Å². The fraction of sp³-hybridized carbons (Fsp3) is 0.250. The van der Waals surface area contributed by atoms with E-state index in [0.29, 0.717) is 12.5 Å². The Morgan fingerprint density at radius 2 is 1.67 bits per heavy atom. The van der Waals surface area contributed by atoms with Crippen molar-refractivity contribution in [3.8, 4) is 0 Å². The summed E-state index contributed by atoms with van der Waals surface area (Å²) >= 11 is 11.5. The predicted molar refractivity (Wildman–Crippen MR) is 73.1 cm³/mol. The highest BCUT2D eigenvalue weighted by Crippen LogP contribution is 2.16. The van der Waals surface area contributed by atoms with E-state index in [-0.39, 0.29) is 10.6 Å². The molecule has 0 spiro atoms. The molecule has 0 N–H and O–H groups in total. The van der Waals surface area contributed by atoms with Gasteiger partial charge in [-0.05, 0) is 41.3 Å². The molecule has 18 heavy (non-hydrogen) atoms. The molecule has 0 aliphatic heterocycles. The monoisotopic (exact) mass is 282 g/mol. The van der Waals surface area contributed by atoms with Crippen LogP contribution in [0.3, 0.4) is 0 Å². The third-order valence-electron chi connectivity index (χ3n) is 2.58. The molecular formula is C12H12Cl2N4. The number of rotatable bonds is 3. The maximum atomic E-state index is 5.76. The van der Waals surface area contributed by atoms with Gasteiger partial charge in [0, 0.05) is 13.6 Å². The van der Waals surface area contributed by atoms with E-state index in [9.17, 15) is 0 Å². The molecule has 2 rings (SSSR count). The highest BCUT2D eigenvalue weighted by atomic mass is 35.5. The molecule has 0 fully saturated rings. The number of anilines is 1. The quantitative estimate of drug-likeness (QED) is 0.868. The number of aryl methyl sites for hydroxylation is 1. The standard InChI is InChI=1S/C12H12Cl2N4/c1-8-5-3-4-6-9(8)7-18(2)12-16-10(13)15-11(14)17-12/h3-6H,7H2,1-2H3. The van der Waals surface area contributed by atoms with E-state index in [4.69, 9.17) is 23.2 Å². The average Bonchev–Trinajstić information content (AvgIpc) is 2.31. The van der Waals surface area contributed by atoms with Crippen molar-refractivity contribution in [2.45, 2.75) is 13.5 Å². The van der Waals surface area contributed by atoms with E-state index < -0.39 is 0 Å². The van der Waals surface area contributed by atoms with Crippen LogP contribution in [0.5, 0.6) is 0 Å². The molecule has 1 aromatic carbocycles. The minimum Gasteiger partial charge on any atom is -0.339 e. The Morgan fingerprint density at radius 1 is 1.06 bits per heavy atom. The molecule has 0 saturated carbocycles. The van der Waals surface area contributed by atoms with Gasteiger partial charge in [0.1, 0.15) is 0 Å². The van der Waals surface area contributed by atoms with Crippen molar-refractivity contribution >= 4 is 29.2 Å². The van der Waals surface area contributed by atoms with Crippen molar-refractivity contribution in [1.29, 1.82) is 0 Å². The fourth-order valence-electron chi connectivity index (χ4n) is 1.60. The number of hydrogen-bond donors (Lipinski definition) is 0. The fourth-order valence-corrected chi connectivity index (χ4v) is 1.96. The SMILES string of the molecule is Cc1ccccc1CN(C)c1nc(Cl)nc(Cl)n1. The van der Waals surface area contributed by atoms with Crippen LogP contribution in [-0.2, 0) is 6.54 Å². The van der Waals surface area contributed by atoms with Crippen LogP contribution in [0.25, 0.3) is 0 Å². The van der Waals surface area contributed by atoms with Gasteiger partial charge in [0.05, 0.1) is 0 Å². The molecule has 6 heteroatoms. The van der Waals surface area contributed by atoms with Crippen molar-refractivity contribution < 1.29 is 0 Å². The van der Waals surface area contributed by atoms with Crippen molar-refractivity contribution in [3.05, 3.63) is 46.0 Å². The molecule has 0 radical (unpaired) electrons. The van der Waals surface area contributed by atoms with Gasteiger partial charge in [-0.2, -0.15) is 15.0 Å². The van der Waals surface area contributed by atoms with Crippen LogP contribution in [0.2, 0.25) is 10.6 Å². The predicted octanol–water partition coefficient (Wildman–Crippen LogP) is 3.12. The summed E-state index contributed by atoms with van der Waals surface area (Å²) in [5, 5.41) is 0.197. The van der Waals surface area contributed by atoms with Crippen molar-refractivity contribution in [3.63, 3.8) is 0 Å². The molecule has 1 aromatic heterocycles. The van der Waals surface area contributed by atoms with Crippen LogP contribution in [0.4, 0.5) is 5.95 Å². The Labute approximate surface area is 116 Å². The van der Waals surface area contributed by atoms with E-state index >= 15 is 0 Å². The summed E-state index contributed by atoms with van der Waals surface area (Å²) in [5.41, 5.74) is 2.42. The zero-order valence-electron chi connectivity index (χ0n) is 10.1. The first-order valence-corrected chi connectivity index (χ1v) is 6.14. The normalized spacial score (nSPS) is 10.4. The molecule has 1 heterocycles. The lowest BCUT2D eigenvalue weighted by Crippen LogP contribution is -2.20. The molecule has 0 amide bonds. The second-order valence-corrected chi connectivity index (χ2v) is 4.63. The Bertz CT molecular complexity index is 539. The van der Waals surface area contributed by atoms with Gasteiger partial charge in [0.15, 0.2) is 0 Å². The number of hydrogen-bond acceptors (Lipinski definition) is 4. The molecule has 0 atom stereocenters. The smallest absolute Gasteiger partial charge is 0.231 e. The van der Waals surface area contributed by atoms with Crippen molar-refractivity contribution in [1.82, 2.24) is 15.0 Å². The first-order valence-electron chi connectivity index (χ1n) is 5.39. The summed E-state index contributed by atoms with van der Waals surface area (Å²) in [6.07, 6.45) is 0. The van der Waals surface area contributed by atoms with E-state index in [0.717, 1.165) is 0 Å². The van der Waals surface area contributed by atoms with Crippen LogP contribution in [0.15, 0.2) is 24.3 Å². The third-order valence-corrected chi connectivity index (χ3v) is 2.92. The van der Waals surface area contributed by atoms with Crippen LogP contribution in [-0.4, -0.2) is 22.0 Å². The summed E-state index contributed by atoms with van der Waals surface area (Å²) in [7, 11) is 1.88. The topological polar surface area (TPSA) is 41.9 Å². The second-order valence-electron chi connectivity index (χ2n) is 3.96. The van der Waals surface area contributed by atoms with Gasteiger partial charge in [0.25, 0.3) is 0 Å². The lowest BCUT2D eigenvalue weighted by atomic mass is 10.1. The molecular weight excluding hydrogens is 271 g/mol. The van der Waals surface area contributed by atoms with Gasteiger partial charge in [-0.25, -0.2) is 0 Å². The van der Waals surface area contributed by atoms with Crippen molar-refractivity contribution in [2.75, 3.05) is 11.9 Å². The van der Waals surface area contributed by atoms with Crippen LogP contribution in [0, 0.1) is 6.92 Å². The average molecular weight is 283 g/mol. The van der Waals surface area contributed by atoms with Gasteiger partial charge in [-0.15, -0.1) is 0 Å². The highest BCUT2D eigenvalue weighted by molar-refractivity contribution is 6.31. The lowest BCUT2D eigenvalue weighted by molar-refractivity contribution is 0.848. The maximum Gasteiger partial charge on any atom is 0.231 e. The lowest BCUT2D eigenvalue weighted by Gasteiger charge is -2.18. The number of halogens is 2. The summed E-state index contributed by atoms with van der Waals surface area (Å²) in [6, 6.07) is 8.14. The zero-order valence-corrected chi connectivity index (χ0v) is 11.6. The second kappa shape index (κ2) is 5.50. The Morgan fingerprint density at radius 3 is 2.28 bits per heavy atom. The molecule has 4 nitrogen and oxygen atoms in total. The summed E-state index contributed by atoms with van der Waals surface area (Å²) in [5.74, 6) is 0.461. The Kier molecular flexibility index (Phi) is 3.99. The van der Waals surface area contributed by atoms with E-state index in [1.165, 1.54) is 11.1 Å². The molecule has 0 aliphatic rings. The molecule has 0 saturated heterocycles. The maximum absolute atomic E-state index is 5.76. The van der Waals surface area contributed by atoms with E-state index in [1.54, 1.807) is 0 Å². The van der Waals surface area contributed by atoms with Gasteiger partial charge < -0.3 is 4.90 Å².